The van der Waals surface area contributed by atoms with Crippen LogP contribution in [0.1, 0.15) is 25.5 Å². The number of aromatic amines is 1. The first-order chi connectivity index (χ1) is 15.0. The molecule has 9 heteroatoms. The maximum absolute atomic E-state index is 14.3. The summed E-state index contributed by atoms with van der Waals surface area (Å²) in [5.41, 5.74) is 3.01. The third-order valence-electron chi connectivity index (χ3n) is 4.82. The number of fused-ring (bicyclic) bond motifs is 1. The Hall–Kier alpha value is -3.88. The molecular weight excluding hydrogens is 402 g/mol. The molecule has 3 heterocycles. The minimum Gasteiger partial charge on any atom is -0.484 e. The number of hydrogen-bond donors (Lipinski definition) is 2. The standard InChI is InChI=1S/C22H20F2N6O/c1-3-4-20(31-2)28-22(25)18-11-26-19-8-5-13(12-30(18)19)16-10-27-29-21(16)15-7-6-14(23)9-17(15)24/h5-12,25H,3-4H2,1-2H3,(H,27,29)/b25-22?,28-20-. The van der Waals surface area contributed by atoms with E-state index in [4.69, 9.17) is 10.1 Å². The maximum Gasteiger partial charge on any atom is 0.189 e. The van der Waals surface area contributed by atoms with E-state index in [9.17, 15) is 8.78 Å². The van der Waals surface area contributed by atoms with E-state index in [0.717, 1.165) is 18.1 Å². The van der Waals surface area contributed by atoms with Crippen LogP contribution in [-0.4, -0.2) is 38.4 Å². The first kappa shape index (κ1) is 20.4. The van der Waals surface area contributed by atoms with Crippen LogP contribution >= 0.6 is 0 Å². The molecule has 1 aromatic carbocycles. The lowest BCUT2D eigenvalue weighted by molar-refractivity contribution is 0.390. The van der Waals surface area contributed by atoms with Gasteiger partial charge in [-0.3, -0.25) is 14.9 Å². The first-order valence-electron chi connectivity index (χ1n) is 9.69. The number of nitrogens with one attached hydrogen (secondary N) is 2. The van der Waals surface area contributed by atoms with Gasteiger partial charge in [0.25, 0.3) is 0 Å². The van der Waals surface area contributed by atoms with Gasteiger partial charge in [-0.15, -0.1) is 0 Å². The summed E-state index contributed by atoms with van der Waals surface area (Å²) in [5, 5.41) is 15.3. The predicted octanol–water partition coefficient (Wildman–Crippen LogP) is 4.84. The van der Waals surface area contributed by atoms with Gasteiger partial charge in [-0.2, -0.15) is 10.1 Å². The zero-order valence-corrected chi connectivity index (χ0v) is 17.0. The van der Waals surface area contributed by atoms with E-state index in [1.54, 1.807) is 29.1 Å². The molecule has 0 atom stereocenters. The smallest absolute Gasteiger partial charge is 0.189 e. The van der Waals surface area contributed by atoms with Crippen molar-refractivity contribution >= 4 is 17.4 Å². The third kappa shape index (κ3) is 3.94. The maximum atomic E-state index is 14.3. The second kappa shape index (κ2) is 8.47. The normalized spacial score (nSPS) is 11.8. The molecule has 31 heavy (non-hydrogen) atoms. The molecule has 0 unspecified atom stereocenters. The van der Waals surface area contributed by atoms with Crippen molar-refractivity contribution in [3.8, 4) is 22.4 Å². The van der Waals surface area contributed by atoms with Gasteiger partial charge in [0.1, 0.15) is 28.7 Å². The van der Waals surface area contributed by atoms with Crippen molar-refractivity contribution in [2.24, 2.45) is 4.99 Å². The van der Waals surface area contributed by atoms with Crippen LogP contribution in [0.25, 0.3) is 28.0 Å². The number of imidazole rings is 1. The molecule has 0 aliphatic rings. The van der Waals surface area contributed by atoms with Crippen LogP contribution in [0.2, 0.25) is 0 Å². The van der Waals surface area contributed by atoms with E-state index < -0.39 is 11.6 Å². The minimum absolute atomic E-state index is 0.0203. The topological polar surface area (TPSA) is 91.4 Å². The number of aromatic nitrogens is 4. The fourth-order valence-electron chi connectivity index (χ4n) is 3.31. The number of amidine groups is 1. The van der Waals surface area contributed by atoms with Crippen LogP contribution in [0.3, 0.4) is 0 Å². The second-order valence-corrected chi connectivity index (χ2v) is 6.87. The van der Waals surface area contributed by atoms with E-state index in [0.29, 0.717) is 34.9 Å². The molecule has 0 radical (unpaired) electrons. The number of ether oxygens (including phenoxy) is 1. The number of aliphatic imine (C=N–C) groups is 1. The van der Waals surface area contributed by atoms with Gasteiger partial charge in [0, 0.05) is 41.6 Å². The molecule has 7 nitrogen and oxygen atoms in total. The van der Waals surface area contributed by atoms with Crippen LogP contribution in [0.15, 0.2) is 53.9 Å². The molecule has 0 saturated carbocycles. The Kier molecular flexibility index (Phi) is 5.57. The SMILES string of the molecule is CCC/C(=N/C(=N)c1cnc2ccc(-c3c[nH]nc3-c3ccc(F)cc3F)cn12)OC. The second-order valence-electron chi connectivity index (χ2n) is 6.87. The van der Waals surface area contributed by atoms with E-state index in [1.807, 2.05) is 13.0 Å². The number of benzene rings is 1. The quantitative estimate of drug-likeness (QED) is 0.356. The third-order valence-corrected chi connectivity index (χ3v) is 4.82. The van der Waals surface area contributed by atoms with Gasteiger partial charge in [0.2, 0.25) is 0 Å². The van der Waals surface area contributed by atoms with Gasteiger partial charge in [0.05, 0.1) is 13.3 Å². The van der Waals surface area contributed by atoms with Crippen molar-refractivity contribution in [1.29, 1.82) is 5.41 Å². The zero-order valence-electron chi connectivity index (χ0n) is 17.0. The summed E-state index contributed by atoms with van der Waals surface area (Å²) in [6.07, 6.45) is 6.47. The van der Waals surface area contributed by atoms with E-state index >= 15 is 0 Å². The largest absolute Gasteiger partial charge is 0.484 e. The van der Waals surface area contributed by atoms with Gasteiger partial charge in [-0.1, -0.05) is 6.92 Å². The fraction of sp³-hybridized carbons (Fsp3) is 0.182. The number of methoxy groups -OCH3 is 1. The van der Waals surface area contributed by atoms with Crippen molar-refractivity contribution in [2.75, 3.05) is 7.11 Å². The van der Waals surface area contributed by atoms with Crippen molar-refractivity contribution in [2.45, 2.75) is 19.8 Å². The summed E-state index contributed by atoms with van der Waals surface area (Å²) < 4.78 is 34.6. The number of H-pyrrole nitrogens is 1. The summed E-state index contributed by atoms with van der Waals surface area (Å²) >= 11 is 0. The Morgan fingerprint density at radius 3 is 2.81 bits per heavy atom. The van der Waals surface area contributed by atoms with Crippen LogP contribution in [0.5, 0.6) is 0 Å². The monoisotopic (exact) mass is 422 g/mol. The molecule has 4 rings (SSSR count). The van der Waals surface area contributed by atoms with E-state index in [1.165, 1.54) is 19.2 Å². The molecule has 0 spiro atoms. The molecular formula is C22H20F2N6O. The van der Waals surface area contributed by atoms with Gasteiger partial charge in [-0.25, -0.2) is 13.8 Å². The fourth-order valence-corrected chi connectivity index (χ4v) is 3.31. The molecule has 0 amide bonds. The summed E-state index contributed by atoms with van der Waals surface area (Å²) in [6.45, 7) is 2.01. The Morgan fingerprint density at radius 2 is 2.06 bits per heavy atom. The van der Waals surface area contributed by atoms with Crippen LogP contribution in [-0.2, 0) is 4.74 Å². The number of halogens is 2. The molecule has 3 aromatic heterocycles. The minimum atomic E-state index is -0.697. The van der Waals surface area contributed by atoms with Crippen molar-refractivity contribution in [3.63, 3.8) is 0 Å². The highest BCUT2D eigenvalue weighted by Gasteiger charge is 2.17. The van der Waals surface area contributed by atoms with E-state index in [-0.39, 0.29) is 11.4 Å². The number of nitrogens with zero attached hydrogens (tertiary/aromatic N) is 4. The average Bonchev–Trinajstić information content (AvgIpc) is 3.40. The number of rotatable bonds is 5. The summed E-state index contributed by atoms with van der Waals surface area (Å²) in [6, 6.07) is 6.99. The summed E-state index contributed by atoms with van der Waals surface area (Å²) in [4.78, 5) is 8.60. The Morgan fingerprint density at radius 1 is 1.23 bits per heavy atom. The Balaban J connectivity index is 1.77. The average molecular weight is 422 g/mol. The molecule has 0 aliphatic heterocycles. The van der Waals surface area contributed by atoms with Gasteiger partial charge < -0.3 is 4.74 Å². The Labute approximate surface area is 176 Å². The number of hydrogen-bond acceptors (Lipinski definition) is 4. The van der Waals surface area contributed by atoms with Crippen molar-refractivity contribution in [3.05, 3.63) is 66.3 Å². The summed E-state index contributed by atoms with van der Waals surface area (Å²) in [7, 11) is 1.53. The molecule has 0 bridgehead atoms. The number of pyridine rings is 1. The molecule has 158 valence electrons. The first-order valence-corrected chi connectivity index (χ1v) is 9.69. The van der Waals surface area contributed by atoms with E-state index in [2.05, 4.69) is 20.2 Å². The van der Waals surface area contributed by atoms with Crippen molar-refractivity contribution < 1.29 is 13.5 Å². The lowest BCUT2D eigenvalue weighted by Crippen LogP contribution is -2.08. The highest BCUT2D eigenvalue weighted by atomic mass is 19.1. The lowest BCUT2D eigenvalue weighted by Gasteiger charge is -2.07. The molecule has 0 saturated heterocycles. The predicted molar refractivity (Wildman–Crippen MR) is 114 cm³/mol. The van der Waals surface area contributed by atoms with Crippen LogP contribution in [0.4, 0.5) is 8.78 Å². The molecule has 0 fully saturated rings. The zero-order chi connectivity index (χ0) is 22.0. The molecule has 4 aromatic rings. The molecule has 2 N–H and O–H groups in total. The van der Waals surface area contributed by atoms with Crippen LogP contribution in [0, 0.1) is 17.0 Å². The van der Waals surface area contributed by atoms with Gasteiger partial charge >= 0.3 is 0 Å². The van der Waals surface area contributed by atoms with Gasteiger partial charge in [-0.05, 0) is 30.7 Å². The van der Waals surface area contributed by atoms with Crippen LogP contribution < -0.4 is 0 Å². The highest BCUT2D eigenvalue weighted by Crippen LogP contribution is 2.32. The van der Waals surface area contributed by atoms with Crippen molar-refractivity contribution in [1.82, 2.24) is 19.6 Å². The van der Waals surface area contributed by atoms with Gasteiger partial charge in [0.15, 0.2) is 11.7 Å². The Bertz CT molecular complexity index is 1290. The molecule has 0 aliphatic carbocycles. The lowest BCUT2D eigenvalue weighted by atomic mass is 10.0. The summed E-state index contributed by atoms with van der Waals surface area (Å²) in [5.74, 6) is -0.855. The highest BCUT2D eigenvalue weighted by molar-refractivity contribution is 6.02.